The van der Waals surface area contributed by atoms with Gasteiger partial charge in [-0.2, -0.15) is 10.5 Å². The molecule has 2 aliphatic heterocycles. The van der Waals surface area contributed by atoms with E-state index >= 15 is 0 Å². The highest BCUT2D eigenvalue weighted by molar-refractivity contribution is 8.13. The zero-order valence-corrected chi connectivity index (χ0v) is 12.7. The molecule has 0 bridgehead atoms. The summed E-state index contributed by atoms with van der Waals surface area (Å²) in [6, 6.07) is 4.12. The minimum atomic E-state index is -0.923. The van der Waals surface area contributed by atoms with Gasteiger partial charge in [0, 0.05) is 11.3 Å². The van der Waals surface area contributed by atoms with Crippen LogP contribution in [0, 0.1) is 0 Å². The van der Waals surface area contributed by atoms with Gasteiger partial charge in [0.1, 0.15) is 6.04 Å². The van der Waals surface area contributed by atoms with E-state index in [4.69, 9.17) is 0 Å². The summed E-state index contributed by atoms with van der Waals surface area (Å²) in [7, 11) is -0.281. The molecule has 0 saturated carbocycles. The van der Waals surface area contributed by atoms with Crippen LogP contribution in [-0.2, 0) is 9.59 Å². The highest BCUT2D eigenvalue weighted by Crippen LogP contribution is 2.31. The Bertz CT molecular complexity index is 756. The number of amides is 4. The van der Waals surface area contributed by atoms with Gasteiger partial charge in [-0.15, -0.1) is 0 Å². The maximum Gasteiger partial charge on any atom is 0.262 e. The minimum Gasteiger partial charge on any atom is -0.295 e. The standard InChI is InChI=1S/C15H14N2O4S/c1-22(2)8-3-4-9-10(7-8)15(21)17(14(9)20)11-5-6-12(18)16-13(11)19/h3-4,7,11H,1,5-6H2,2H3,(H,16,18,19). The molecule has 1 saturated heterocycles. The number of nitrogens with one attached hydrogen (secondary N) is 1. The normalized spacial score (nSPS) is 22.6. The molecule has 7 heteroatoms. The number of imide groups is 2. The second kappa shape index (κ2) is 5.17. The average Bonchev–Trinajstić information content (AvgIpc) is 2.71. The molecule has 6 nitrogen and oxygen atoms in total. The van der Waals surface area contributed by atoms with E-state index in [0.29, 0.717) is 11.1 Å². The maximum absolute atomic E-state index is 12.5. The number of rotatable bonds is 2. The number of piperidine rings is 1. The largest absolute Gasteiger partial charge is 0.295 e. The van der Waals surface area contributed by atoms with Crippen molar-refractivity contribution < 1.29 is 19.2 Å². The molecule has 2 aliphatic rings. The Hall–Kier alpha value is -2.28. The van der Waals surface area contributed by atoms with Crippen LogP contribution in [-0.4, -0.2) is 46.7 Å². The Morgan fingerprint density at radius 1 is 1.18 bits per heavy atom. The van der Waals surface area contributed by atoms with Gasteiger partial charge in [-0.1, -0.05) is 5.87 Å². The van der Waals surface area contributed by atoms with Gasteiger partial charge in [0.05, 0.1) is 11.1 Å². The first-order valence-corrected chi connectivity index (χ1v) is 8.51. The number of hydrogen-bond acceptors (Lipinski definition) is 4. The third-order valence-electron chi connectivity index (χ3n) is 3.81. The quantitative estimate of drug-likeness (QED) is 0.645. The molecular formula is C15H14N2O4S. The van der Waals surface area contributed by atoms with E-state index in [1.165, 1.54) is 0 Å². The zero-order valence-electron chi connectivity index (χ0n) is 11.9. The van der Waals surface area contributed by atoms with E-state index in [1.807, 2.05) is 6.26 Å². The Labute approximate surface area is 129 Å². The van der Waals surface area contributed by atoms with Crippen molar-refractivity contribution in [1.82, 2.24) is 10.2 Å². The summed E-state index contributed by atoms with van der Waals surface area (Å²) in [6.45, 7) is 0. The Morgan fingerprint density at radius 2 is 1.86 bits per heavy atom. The topological polar surface area (TPSA) is 83.6 Å². The summed E-state index contributed by atoms with van der Waals surface area (Å²) < 4.78 is 0. The summed E-state index contributed by atoms with van der Waals surface area (Å²) in [4.78, 5) is 49.9. The number of benzene rings is 1. The Kier molecular flexibility index (Phi) is 3.44. The molecule has 3 rings (SSSR count). The Balaban J connectivity index is 1.98. The van der Waals surface area contributed by atoms with Crippen LogP contribution in [0.2, 0.25) is 0 Å². The molecule has 2 atom stereocenters. The second-order valence-electron chi connectivity index (χ2n) is 5.29. The maximum atomic E-state index is 12.5. The lowest BCUT2D eigenvalue weighted by Crippen LogP contribution is -2.54. The summed E-state index contributed by atoms with van der Waals surface area (Å²) in [5.41, 5.74) is 0.596. The molecule has 1 fully saturated rings. The van der Waals surface area contributed by atoms with Gasteiger partial charge in [0.15, 0.2) is 0 Å². The number of nitrogens with zero attached hydrogens (tertiary/aromatic N) is 1. The molecule has 2 unspecified atom stereocenters. The molecule has 0 aliphatic carbocycles. The van der Waals surface area contributed by atoms with Gasteiger partial charge in [-0.05, 0) is 30.9 Å². The predicted octanol–water partition coefficient (Wildman–Crippen LogP) is 0.777. The molecule has 0 spiro atoms. The van der Waals surface area contributed by atoms with Gasteiger partial charge in [-0.25, -0.2) is 0 Å². The molecule has 114 valence electrons. The monoisotopic (exact) mass is 318 g/mol. The Morgan fingerprint density at radius 3 is 2.50 bits per heavy atom. The number of hydrogen-bond donors (Lipinski definition) is 1. The van der Waals surface area contributed by atoms with Crippen LogP contribution in [0.1, 0.15) is 33.6 Å². The predicted molar refractivity (Wildman–Crippen MR) is 82.0 cm³/mol. The number of carbonyl (C=O) groups is 4. The van der Waals surface area contributed by atoms with Gasteiger partial charge in [-0.3, -0.25) is 29.4 Å². The van der Waals surface area contributed by atoms with E-state index in [1.54, 1.807) is 18.2 Å². The van der Waals surface area contributed by atoms with Crippen LogP contribution in [0.4, 0.5) is 0 Å². The summed E-state index contributed by atoms with van der Waals surface area (Å²) >= 11 is 0. The molecule has 0 radical (unpaired) electrons. The number of fused-ring (bicyclic) bond motifs is 1. The molecule has 0 aromatic heterocycles. The van der Waals surface area contributed by atoms with E-state index in [0.717, 1.165) is 9.80 Å². The summed E-state index contributed by atoms with van der Waals surface area (Å²) in [5.74, 6) is 1.97. The molecular weight excluding hydrogens is 304 g/mol. The highest BCUT2D eigenvalue weighted by Gasteiger charge is 2.44. The zero-order chi connectivity index (χ0) is 16.0. The molecule has 1 aromatic rings. The van der Waals surface area contributed by atoms with Crippen LogP contribution in [0.25, 0.3) is 0 Å². The fraction of sp³-hybridized carbons (Fsp3) is 0.267. The lowest BCUT2D eigenvalue weighted by atomic mass is 10.0. The van der Waals surface area contributed by atoms with Crippen LogP contribution in [0.3, 0.4) is 0 Å². The van der Waals surface area contributed by atoms with E-state index in [9.17, 15) is 19.2 Å². The first kappa shape index (κ1) is 14.6. The molecule has 4 amide bonds. The van der Waals surface area contributed by atoms with Crippen LogP contribution < -0.4 is 5.32 Å². The fourth-order valence-corrected chi connectivity index (χ4v) is 3.29. The van der Waals surface area contributed by atoms with E-state index < -0.39 is 23.8 Å². The third-order valence-corrected chi connectivity index (χ3v) is 4.87. The second-order valence-corrected chi connectivity index (χ2v) is 7.04. The van der Waals surface area contributed by atoms with Crippen molar-refractivity contribution >= 4 is 40.0 Å². The smallest absolute Gasteiger partial charge is 0.262 e. The molecule has 1 N–H and O–H groups in total. The molecule has 2 heterocycles. The van der Waals surface area contributed by atoms with Crippen LogP contribution >= 0.6 is 10.5 Å². The minimum absolute atomic E-state index is 0.117. The number of carbonyl (C=O) groups excluding carboxylic acids is 4. The molecule has 22 heavy (non-hydrogen) atoms. The van der Waals surface area contributed by atoms with Crippen molar-refractivity contribution in [1.29, 1.82) is 0 Å². The fourth-order valence-electron chi connectivity index (χ4n) is 2.67. The van der Waals surface area contributed by atoms with Crippen molar-refractivity contribution in [3.63, 3.8) is 0 Å². The first-order chi connectivity index (χ1) is 10.4. The third kappa shape index (κ3) is 2.18. The first-order valence-electron chi connectivity index (χ1n) is 6.71. The van der Waals surface area contributed by atoms with Crippen LogP contribution in [0.15, 0.2) is 23.1 Å². The van der Waals surface area contributed by atoms with Gasteiger partial charge in [0.2, 0.25) is 11.8 Å². The highest BCUT2D eigenvalue weighted by atomic mass is 32.2. The van der Waals surface area contributed by atoms with Gasteiger partial charge in [0.25, 0.3) is 11.8 Å². The van der Waals surface area contributed by atoms with Gasteiger partial charge >= 0.3 is 0 Å². The van der Waals surface area contributed by atoms with Crippen molar-refractivity contribution in [2.75, 3.05) is 6.26 Å². The van der Waals surface area contributed by atoms with Crippen molar-refractivity contribution in [2.45, 2.75) is 23.8 Å². The van der Waals surface area contributed by atoms with Crippen molar-refractivity contribution in [3.05, 3.63) is 29.3 Å². The lowest BCUT2D eigenvalue weighted by molar-refractivity contribution is -0.136. The average molecular weight is 318 g/mol. The summed E-state index contributed by atoms with van der Waals surface area (Å²) in [6.07, 6.45) is 2.20. The SMILES string of the molecule is C=S(C)c1ccc2c(c1)C(=O)N(C1CCC(=O)NC1=O)C2=O. The van der Waals surface area contributed by atoms with E-state index in [-0.39, 0.29) is 29.2 Å². The van der Waals surface area contributed by atoms with Crippen molar-refractivity contribution in [3.8, 4) is 0 Å². The lowest BCUT2D eigenvalue weighted by Gasteiger charge is -2.27. The molecule has 1 aromatic carbocycles. The van der Waals surface area contributed by atoms with Crippen molar-refractivity contribution in [2.24, 2.45) is 0 Å². The van der Waals surface area contributed by atoms with Crippen LogP contribution in [0.5, 0.6) is 0 Å². The van der Waals surface area contributed by atoms with Gasteiger partial charge < -0.3 is 0 Å². The summed E-state index contributed by atoms with van der Waals surface area (Å²) in [5, 5.41) is 2.17. The van der Waals surface area contributed by atoms with E-state index in [2.05, 4.69) is 11.2 Å².